The third-order valence-corrected chi connectivity index (χ3v) is 6.45. The van der Waals surface area contributed by atoms with Crippen LogP contribution in [0, 0.1) is 6.92 Å². The van der Waals surface area contributed by atoms with Crippen molar-refractivity contribution >= 4 is 46.0 Å². The number of benzene rings is 3. The minimum Gasteiger partial charge on any atom is -0.325 e. The Balaban J connectivity index is 1.66. The maximum Gasteiger partial charge on any atom is 0.266 e. The van der Waals surface area contributed by atoms with Gasteiger partial charge in [-0.25, -0.2) is 4.98 Å². The van der Waals surface area contributed by atoms with E-state index in [1.807, 2.05) is 79.9 Å². The van der Waals surface area contributed by atoms with Crippen LogP contribution < -0.4 is 10.9 Å². The van der Waals surface area contributed by atoms with Gasteiger partial charge < -0.3 is 5.32 Å². The van der Waals surface area contributed by atoms with Crippen LogP contribution >= 0.6 is 23.5 Å². The second-order valence-electron chi connectivity index (χ2n) is 6.91. The van der Waals surface area contributed by atoms with E-state index in [9.17, 15) is 9.59 Å². The Hall–Kier alpha value is -3.03. The number of fused-ring (bicyclic) bond motifs is 1. The topological polar surface area (TPSA) is 64.0 Å². The predicted molar refractivity (Wildman–Crippen MR) is 130 cm³/mol. The van der Waals surface area contributed by atoms with Gasteiger partial charge in [0.05, 0.1) is 22.3 Å². The van der Waals surface area contributed by atoms with Crippen LogP contribution in [0.4, 0.5) is 5.69 Å². The summed E-state index contributed by atoms with van der Waals surface area (Å²) in [4.78, 5) is 31.7. The third kappa shape index (κ3) is 4.68. The van der Waals surface area contributed by atoms with Gasteiger partial charge in [-0.05, 0) is 55.1 Å². The molecule has 1 heterocycles. The van der Waals surface area contributed by atoms with Gasteiger partial charge in [0, 0.05) is 10.6 Å². The molecule has 0 saturated heterocycles. The number of hydrogen-bond donors (Lipinski definition) is 1. The van der Waals surface area contributed by atoms with Crippen molar-refractivity contribution in [2.45, 2.75) is 17.0 Å². The molecule has 0 unspecified atom stereocenters. The largest absolute Gasteiger partial charge is 0.325 e. The number of para-hydroxylation sites is 2. The molecule has 4 aromatic rings. The zero-order valence-electron chi connectivity index (χ0n) is 17.2. The van der Waals surface area contributed by atoms with E-state index in [4.69, 9.17) is 4.98 Å². The Labute approximate surface area is 188 Å². The number of carbonyl (C=O) groups excluding carboxylic acids is 1. The molecule has 0 aliphatic carbocycles. The molecule has 0 radical (unpaired) electrons. The predicted octanol–water partition coefficient (Wildman–Crippen LogP) is 5.15. The lowest BCUT2D eigenvalue weighted by atomic mass is 10.2. The molecule has 0 fully saturated rings. The summed E-state index contributed by atoms with van der Waals surface area (Å²) in [6.45, 7) is 1.96. The highest BCUT2D eigenvalue weighted by Crippen LogP contribution is 2.24. The summed E-state index contributed by atoms with van der Waals surface area (Å²) in [5.41, 5.74) is 2.95. The lowest BCUT2D eigenvalue weighted by Gasteiger charge is -2.15. The molecule has 1 amide bonds. The van der Waals surface area contributed by atoms with Gasteiger partial charge in [0.15, 0.2) is 5.16 Å². The number of anilines is 1. The lowest BCUT2D eigenvalue weighted by molar-refractivity contribution is -0.113. The van der Waals surface area contributed by atoms with Crippen molar-refractivity contribution in [3.8, 4) is 5.69 Å². The van der Waals surface area contributed by atoms with Crippen LogP contribution in [0.2, 0.25) is 0 Å². The van der Waals surface area contributed by atoms with Gasteiger partial charge in [-0.3, -0.25) is 14.2 Å². The van der Waals surface area contributed by atoms with Crippen LogP contribution in [-0.2, 0) is 4.79 Å². The number of thioether (sulfide) groups is 2. The van der Waals surface area contributed by atoms with Crippen molar-refractivity contribution < 1.29 is 4.79 Å². The number of hydrogen-bond acceptors (Lipinski definition) is 5. The Bertz CT molecular complexity index is 1320. The zero-order chi connectivity index (χ0) is 21.8. The van der Waals surface area contributed by atoms with Gasteiger partial charge in [0.1, 0.15) is 0 Å². The fraction of sp³-hybridized carbons (Fsp3) is 0.125. The average molecular weight is 448 g/mol. The van der Waals surface area contributed by atoms with E-state index < -0.39 is 0 Å². The summed E-state index contributed by atoms with van der Waals surface area (Å²) < 4.78 is 1.60. The SMILES string of the molecule is CSc1cccc(NC(=O)CSc2nc3ccccc3c(=O)n2-c2ccccc2C)c1. The Morgan fingerprint density at radius 1 is 1.03 bits per heavy atom. The number of aromatic nitrogens is 2. The number of carbonyl (C=O) groups is 1. The number of rotatable bonds is 6. The summed E-state index contributed by atoms with van der Waals surface area (Å²) in [5.74, 6) is -0.0119. The molecule has 5 nitrogen and oxygen atoms in total. The normalized spacial score (nSPS) is 10.9. The number of amides is 1. The third-order valence-electron chi connectivity index (χ3n) is 4.79. The first-order valence-corrected chi connectivity index (χ1v) is 11.9. The van der Waals surface area contributed by atoms with Crippen LogP contribution in [0.3, 0.4) is 0 Å². The maximum absolute atomic E-state index is 13.3. The second kappa shape index (κ2) is 9.41. The minimum absolute atomic E-state index is 0.139. The van der Waals surface area contributed by atoms with Crippen LogP contribution in [0.25, 0.3) is 16.6 Å². The molecule has 3 aromatic carbocycles. The van der Waals surface area contributed by atoms with E-state index in [2.05, 4.69) is 5.32 Å². The van der Waals surface area contributed by atoms with Crippen molar-refractivity contribution in [1.82, 2.24) is 9.55 Å². The summed E-state index contributed by atoms with van der Waals surface area (Å²) in [7, 11) is 0. The van der Waals surface area contributed by atoms with Crippen molar-refractivity contribution in [3.05, 3.63) is 88.7 Å². The molecular weight excluding hydrogens is 426 g/mol. The minimum atomic E-state index is -0.151. The fourth-order valence-corrected chi connectivity index (χ4v) is 4.53. The van der Waals surface area contributed by atoms with Crippen LogP contribution in [-0.4, -0.2) is 27.5 Å². The summed E-state index contributed by atoms with van der Waals surface area (Å²) >= 11 is 2.87. The number of aryl methyl sites for hydroxylation is 1. The van der Waals surface area contributed by atoms with E-state index >= 15 is 0 Å². The molecule has 1 N–H and O–H groups in total. The monoisotopic (exact) mass is 447 g/mol. The van der Waals surface area contributed by atoms with Crippen molar-refractivity contribution in [1.29, 1.82) is 0 Å². The smallest absolute Gasteiger partial charge is 0.266 e. The molecule has 0 bridgehead atoms. The van der Waals surface area contributed by atoms with Crippen LogP contribution in [0.15, 0.2) is 87.6 Å². The molecule has 0 aliphatic rings. The zero-order valence-corrected chi connectivity index (χ0v) is 18.8. The van der Waals surface area contributed by atoms with Gasteiger partial charge in [0.25, 0.3) is 5.56 Å². The van der Waals surface area contributed by atoms with E-state index in [1.54, 1.807) is 22.4 Å². The molecule has 31 heavy (non-hydrogen) atoms. The molecule has 0 aliphatic heterocycles. The first-order chi connectivity index (χ1) is 15.1. The first-order valence-electron chi connectivity index (χ1n) is 9.71. The van der Waals surface area contributed by atoms with Gasteiger partial charge in [0.2, 0.25) is 5.91 Å². The van der Waals surface area contributed by atoms with E-state index in [0.717, 1.165) is 21.8 Å². The average Bonchev–Trinajstić information content (AvgIpc) is 2.79. The van der Waals surface area contributed by atoms with E-state index in [0.29, 0.717) is 16.1 Å². The van der Waals surface area contributed by atoms with Crippen molar-refractivity contribution in [2.75, 3.05) is 17.3 Å². The summed E-state index contributed by atoms with van der Waals surface area (Å²) in [6, 6.07) is 22.7. The molecule has 1 aromatic heterocycles. The van der Waals surface area contributed by atoms with Crippen molar-refractivity contribution in [2.24, 2.45) is 0 Å². The first kappa shape index (κ1) is 21.2. The molecule has 4 rings (SSSR count). The highest BCUT2D eigenvalue weighted by atomic mass is 32.2. The molecule has 7 heteroatoms. The molecular formula is C24H21N3O2S2. The standard InChI is InChI=1S/C24H21N3O2S2/c1-16-8-3-6-13-21(16)27-23(29)19-11-4-5-12-20(19)26-24(27)31-15-22(28)25-17-9-7-10-18(14-17)30-2/h3-14H,15H2,1-2H3,(H,25,28). The number of nitrogens with zero attached hydrogens (tertiary/aromatic N) is 2. The summed E-state index contributed by atoms with van der Waals surface area (Å²) in [5, 5.41) is 3.96. The quantitative estimate of drug-likeness (QED) is 0.327. The van der Waals surface area contributed by atoms with Gasteiger partial charge >= 0.3 is 0 Å². The highest BCUT2D eigenvalue weighted by molar-refractivity contribution is 7.99. The Morgan fingerprint density at radius 2 is 1.81 bits per heavy atom. The lowest BCUT2D eigenvalue weighted by Crippen LogP contribution is -2.23. The molecule has 0 saturated carbocycles. The van der Waals surface area contributed by atoms with Crippen LogP contribution in [0.5, 0.6) is 0 Å². The fourth-order valence-electron chi connectivity index (χ4n) is 3.26. The summed E-state index contributed by atoms with van der Waals surface area (Å²) in [6.07, 6.45) is 1.99. The second-order valence-corrected chi connectivity index (χ2v) is 8.73. The van der Waals surface area contributed by atoms with Gasteiger partial charge in [-0.15, -0.1) is 11.8 Å². The van der Waals surface area contributed by atoms with Crippen LogP contribution in [0.1, 0.15) is 5.56 Å². The molecule has 156 valence electrons. The van der Waals surface area contributed by atoms with Gasteiger partial charge in [-0.1, -0.05) is 48.2 Å². The molecule has 0 atom stereocenters. The molecule has 0 spiro atoms. The van der Waals surface area contributed by atoms with Crippen molar-refractivity contribution in [3.63, 3.8) is 0 Å². The maximum atomic E-state index is 13.3. The number of nitrogens with one attached hydrogen (secondary N) is 1. The Kier molecular flexibility index (Phi) is 6.44. The Morgan fingerprint density at radius 3 is 2.61 bits per heavy atom. The van der Waals surface area contributed by atoms with E-state index in [-0.39, 0.29) is 17.2 Å². The van der Waals surface area contributed by atoms with Gasteiger partial charge in [-0.2, -0.15) is 0 Å². The van der Waals surface area contributed by atoms with E-state index in [1.165, 1.54) is 11.8 Å². The highest BCUT2D eigenvalue weighted by Gasteiger charge is 2.16.